The van der Waals surface area contributed by atoms with Gasteiger partial charge in [0.2, 0.25) is 5.83 Å². The van der Waals surface area contributed by atoms with E-state index in [2.05, 4.69) is 14.8 Å². The van der Waals surface area contributed by atoms with Gasteiger partial charge in [-0.2, -0.15) is 14.4 Å². The monoisotopic (exact) mass is 447 g/mol. The maximum atomic E-state index is 14.5. The van der Waals surface area contributed by atoms with E-state index in [0.717, 1.165) is 26.9 Å². The lowest BCUT2D eigenvalue weighted by molar-refractivity contribution is -0.120. The van der Waals surface area contributed by atoms with Crippen molar-refractivity contribution in [1.29, 1.82) is 0 Å². The molecule has 10 heteroatoms. The maximum Gasteiger partial charge on any atom is 0.365 e. The molecule has 0 fully saturated rings. The van der Waals surface area contributed by atoms with Gasteiger partial charge < -0.3 is 9.64 Å². The van der Waals surface area contributed by atoms with E-state index in [1.54, 1.807) is 33.9 Å². The Labute approximate surface area is 186 Å². The summed E-state index contributed by atoms with van der Waals surface area (Å²) in [6.07, 6.45) is 8.51. The van der Waals surface area contributed by atoms with Crippen molar-refractivity contribution in [3.8, 4) is 5.75 Å². The highest BCUT2D eigenvalue weighted by Crippen LogP contribution is 2.39. The van der Waals surface area contributed by atoms with Crippen LogP contribution in [0.1, 0.15) is 5.56 Å². The largest absolute Gasteiger partial charge is 0.481 e. The van der Waals surface area contributed by atoms with E-state index in [0.29, 0.717) is 22.4 Å². The minimum Gasteiger partial charge on any atom is -0.481 e. The van der Waals surface area contributed by atoms with Crippen molar-refractivity contribution in [2.24, 2.45) is 7.05 Å². The summed E-state index contributed by atoms with van der Waals surface area (Å²) in [6.45, 7) is -0.00762. The summed E-state index contributed by atoms with van der Waals surface area (Å²) < 4.78 is 26.3. The topological polar surface area (TPSA) is 77.6 Å². The van der Waals surface area contributed by atoms with Gasteiger partial charge >= 0.3 is 11.0 Å². The Bertz CT molecular complexity index is 1470. The number of thioether (sulfide) groups is 1. The third-order valence-electron chi connectivity index (χ3n) is 5.49. The quantitative estimate of drug-likeness (QED) is 0.562. The Morgan fingerprint density at radius 1 is 1.25 bits per heavy atom. The van der Waals surface area contributed by atoms with Gasteiger partial charge in [-0.3, -0.25) is 14.5 Å². The summed E-state index contributed by atoms with van der Waals surface area (Å²) >= 11 is 1.42. The molecule has 3 aliphatic heterocycles. The van der Waals surface area contributed by atoms with Gasteiger partial charge in [0.05, 0.1) is 24.1 Å². The van der Waals surface area contributed by atoms with E-state index >= 15 is 0 Å². The van der Waals surface area contributed by atoms with Gasteiger partial charge in [0, 0.05) is 41.7 Å². The number of carbonyl (C=O) groups is 1. The molecular weight excluding hydrogens is 431 g/mol. The number of amides is 1. The average molecular weight is 447 g/mol. The minimum atomic E-state index is -0.381. The number of aryl methyl sites for hydroxylation is 1. The Kier molecular flexibility index (Phi) is 4.01. The summed E-state index contributed by atoms with van der Waals surface area (Å²) in [6, 6.07) is 5.79. The lowest BCUT2D eigenvalue weighted by atomic mass is 10.1. The zero-order chi connectivity index (χ0) is 22.0. The molecule has 0 saturated carbocycles. The number of benzene rings is 1. The second-order valence-electron chi connectivity index (χ2n) is 7.56. The number of hydrogen-bond donors (Lipinski definition) is 0. The van der Waals surface area contributed by atoms with E-state index in [9.17, 15) is 9.18 Å². The molecule has 0 spiro atoms. The second kappa shape index (κ2) is 6.81. The highest BCUT2D eigenvalue weighted by atomic mass is 32.2. The molecule has 32 heavy (non-hydrogen) atoms. The Balaban J connectivity index is 1.34. The molecular formula is C22H16FN6O2S+. The number of ether oxygens (including phenoxy) is 1. The molecule has 0 radical (unpaired) electrons. The summed E-state index contributed by atoms with van der Waals surface area (Å²) in [7, 11) is 3.53. The first-order valence-corrected chi connectivity index (χ1v) is 10.6. The molecule has 0 atom stereocenters. The van der Waals surface area contributed by atoms with Crippen LogP contribution >= 0.6 is 11.8 Å². The minimum absolute atomic E-state index is 0.00762. The first kappa shape index (κ1) is 18.9. The van der Waals surface area contributed by atoms with Crippen molar-refractivity contribution in [3.05, 3.63) is 60.5 Å². The fraction of sp³-hybridized carbons (Fsp3) is 0.136. The van der Waals surface area contributed by atoms with Crippen LogP contribution in [0, 0.1) is 0 Å². The molecule has 0 bridgehead atoms. The van der Waals surface area contributed by atoms with Crippen LogP contribution in [0.2, 0.25) is 0 Å². The van der Waals surface area contributed by atoms with Crippen LogP contribution in [0.25, 0.3) is 16.5 Å². The summed E-state index contributed by atoms with van der Waals surface area (Å²) in [4.78, 5) is 20.6. The second-order valence-corrected chi connectivity index (χ2v) is 8.60. The molecule has 5 heterocycles. The normalized spacial score (nSPS) is 17.0. The van der Waals surface area contributed by atoms with Gasteiger partial charge in [-0.15, -0.1) is 0 Å². The number of likely N-dealkylation sites (N-methyl/N-ethyl adjacent to an activating group) is 1. The lowest BCUT2D eigenvalue weighted by Gasteiger charge is -2.26. The molecule has 3 aromatic rings. The van der Waals surface area contributed by atoms with E-state index in [1.807, 2.05) is 37.6 Å². The molecule has 6 rings (SSSR count). The van der Waals surface area contributed by atoms with Crippen LogP contribution in [0.5, 0.6) is 5.75 Å². The molecule has 8 nitrogen and oxygen atoms in total. The van der Waals surface area contributed by atoms with Crippen molar-refractivity contribution >= 4 is 50.8 Å². The van der Waals surface area contributed by atoms with Crippen LogP contribution in [-0.4, -0.2) is 50.2 Å². The standard InChI is InChI=1S/C22H16FN6O2S/c1-27-9-13(7-25-27)12-5-16(23)21-26-22(29(21)10-12)32-14-3-4-17-15(6-14)20-18(8-24-17)28(2)19(30)11-31-20/h3-10H,11H2,1-2H3/q+1. The van der Waals surface area contributed by atoms with Gasteiger partial charge in [-0.25, -0.2) is 4.67 Å². The highest BCUT2D eigenvalue weighted by Gasteiger charge is 2.40. The van der Waals surface area contributed by atoms with Crippen molar-refractivity contribution in [1.82, 2.24) is 24.3 Å². The summed E-state index contributed by atoms with van der Waals surface area (Å²) in [5.74, 6) is 0.428. The van der Waals surface area contributed by atoms with Gasteiger partial charge in [0.1, 0.15) is 5.69 Å². The van der Waals surface area contributed by atoms with Crippen molar-refractivity contribution in [2.45, 2.75) is 4.90 Å². The third kappa shape index (κ3) is 2.84. The number of hydrogen-bond acceptors (Lipinski definition) is 6. The van der Waals surface area contributed by atoms with Crippen molar-refractivity contribution in [3.63, 3.8) is 0 Å². The van der Waals surface area contributed by atoms with Crippen molar-refractivity contribution in [2.75, 3.05) is 18.6 Å². The molecule has 2 aromatic heterocycles. The Hall–Kier alpha value is -3.88. The zero-order valence-corrected chi connectivity index (χ0v) is 17.9. The van der Waals surface area contributed by atoms with E-state index in [1.165, 1.54) is 17.8 Å². The fourth-order valence-electron chi connectivity index (χ4n) is 3.77. The first-order chi connectivity index (χ1) is 15.5. The Morgan fingerprint density at radius 2 is 2.12 bits per heavy atom. The maximum absolute atomic E-state index is 14.5. The van der Waals surface area contributed by atoms with Crippen molar-refractivity contribution < 1.29 is 13.9 Å². The van der Waals surface area contributed by atoms with Gasteiger partial charge in [0.25, 0.3) is 5.91 Å². The van der Waals surface area contributed by atoms with Gasteiger partial charge in [0.15, 0.2) is 12.4 Å². The van der Waals surface area contributed by atoms with E-state index in [-0.39, 0.29) is 18.3 Å². The van der Waals surface area contributed by atoms with Gasteiger partial charge in [-0.05, 0) is 36.0 Å². The third-order valence-corrected chi connectivity index (χ3v) is 6.45. The number of anilines is 1. The van der Waals surface area contributed by atoms with E-state index in [4.69, 9.17) is 4.74 Å². The first-order valence-electron chi connectivity index (χ1n) is 9.81. The SMILES string of the molecule is CN1C(=O)COc2c1cnc1ccc(SC3=[N+]=C4C(F)=CC(c5cnn(C)c5)=CN34)cc21. The molecule has 0 unspecified atom stereocenters. The summed E-state index contributed by atoms with van der Waals surface area (Å²) in [5.41, 5.74) is 2.96. The number of nitrogens with zero attached hydrogens (tertiary/aromatic N) is 6. The number of aromatic nitrogens is 3. The number of halogens is 1. The molecule has 0 N–H and O–H groups in total. The number of amidine groups is 2. The van der Waals surface area contributed by atoms with E-state index < -0.39 is 0 Å². The lowest BCUT2D eigenvalue weighted by Crippen LogP contribution is -2.44. The smallest absolute Gasteiger partial charge is 0.365 e. The predicted molar refractivity (Wildman–Crippen MR) is 121 cm³/mol. The number of fused-ring (bicyclic) bond motifs is 4. The van der Waals surface area contributed by atoms with Gasteiger partial charge in [-0.1, -0.05) is 0 Å². The van der Waals surface area contributed by atoms with Crippen LogP contribution in [0.4, 0.5) is 10.1 Å². The van der Waals surface area contributed by atoms with Crippen LogP contribution in [0.3, 0.4) is 0 Å². The average Bonchev–Trinajstić information content (AvgIpc) is 3.21. The highest BCUT2D eigenvalue weighted by molar-refractivity contribution is 8.14. The molecule has 0 saturated heterocycles. The molecule has 158 valence electrons. The molecule has 1 aromatic carbocycles. The Morgan fingerprint density at radius 3 is 2.94 bits per heavy atom. The number of allylic oxidation sites excluding steroid dienone is 2. The zero-order valence-electron chi connectivity index (χ0n) is 17.1. The van der Waals surface area contributed by atoms with Crippen LogP contribution < -0.4 is 14.3 Å². The number of carbonyl (C=O) groups excluding carboxylic acids is 1. The predicted octanol–water partition coefficient (Wildman–Crippen LogP) is 2.46. The fourth-order valence-corrected chi connectivity index (χ4v) is 4.66. The molecule has 0 aliphatic carbocycles. The van der Waals surface area contributed by atoms with Crippen LogP contribution in [-0.2, 0) is 11.8 Å². The number of rotatable bonds is 2. The van der Waals surface area contributed by atoms with Crippen LogP contribution in [0.15, 0.2) is 59.8 Å². The summed E-state index contributed by atoms with van der Waals surface area (Å²) in [5, 5.41) is 5.64. The number of pyridine rings is 1. The molecule has 1 amide bonds. The molecule has 3 aliphatic rings.